The molecule has 0 spiro atoms. The molecule has 0 heterocycles. The van der Waals surface area contributed by atoms with E-state index in [9.17, 15) is 29.4 Å². The van der Waals surface area contributed by atoms with Crippen LogP contribution in [0.1, 0.15) is 0 Å². The van der Waals surface area contributed by atoms with E-state index in [-0.39, 0.29) is 0 Å². The van der Waals surface area contributed by atoms with Crippen molar-refractivity contribution in [3.05, 3.63) is 38.4 Å². The van der Waals surface area contributed by atoms with Gasteiger partial charge in [0.15, 0.2) is 5.75 Å². The molecule has 24 heavy (non-hydrogen) atoms. The highest BCUT2D eigenvalue weighted by molar-refractivity contribution is 7.56. The maximum absolute atomic E-state index is 11.2. The summed E-state index contributed by atoms with van der Waals surface area (Å²) in [6.07, 6.45) is -1.20. The predicted octanol–water partition coefficient (Wildman–Crippen LogP) is 0.606. The fourth-order valence-corrected chi connectivity index (χ4v) is 4.01. The van der Waals surface area contributed by atoms with Gasteiger partial charge in [-0.05, 0) is 6.07 Å². The molecule has 1 rings (SSSR count). The molecule has 0 saturated heterocycles. The minimum Gasteiger partial charge on any atom is -0.486 e. The van der Waals surface area contributed by atoms with E-state index >= 15 is 0 Å². The first-order valence-corrected chi connectivity index (χ1v) is 9.44. The van der Waals surface area contributed by atoms with Crippen LogP contribution in [0.4, 0.5) is 11.4 Å². The van der Waals surface area contributed by atoms with Crippen molar-refractivity contribution in [3.63, 3.8) is 0 Å². The van der Waals surface area contributed by atoms with Gasteiger partial charge >= 0.3 is 20.9 Å². The largest absolute Gasteiger partial charge is 0.486 e. The second-order valence-corrected chi connectivity index (χ2v) is 8.17. The SMILES string of the molecule is O=[N+]([O-])c1ccc(OCC(CP(=O)(O)O)P(=O)(O)O)c([N+](=O)[O-])c1. The third kappa shape index (κ3) is 5.96. The fraction of sp³-hybridized carbons (Fsp3) is 0.333. The Bertz CT molecular complexity index is 739. The van der Waals surface area contributed by atoms with Crippen LogP contribution in [-0.4, -0.2) is 47.8 Å². The summed E-state index contributed by atoms with van der Waals surface area (Å²) >= 11 is 0. The summed E-state index contributed by atoms with van der Waals surface area (Å²) in [6, 6.07) is 2.31. The van der Waals surface area contributed by atoms with Gasteiger partial charge in [-0.15, -0.1) is 0 Å². The molecule has 0 aromatic heterocycles. The first-order chi connectivity index (χ1) is 10.8. The van der Waals surface area contributed by atoms with Crippen molar-refractivity contribution in [3.8, 4) is 5.75 Å². The Hall–Kier alpha value is -1.88. The molecule has 0 aliphatic carbocycles. The zero-order chi connectivity index (χ0) is 18.7. The maximum Gasteiger partial charge on any atom is 0.332 e. The van der Waals surface area contributed by atoms with Gasteiger partial charge in [-0.1, -0.05) is 0 Å². The van der Waals surface area contributed by atoms with Gasteiger partial charge in [-0.2, -0.15) is 0 Å². The number of hydrogen-bond acceptors (Lipinski definition) is 7. The van der Waals surface area contributed by atoms with Crippen LogP contribution in [0.3, 0.4) is 0 Å². The molecular formula is C9H12N2O11P2. The van der Waals surface area contributed by atoms with Gasteiger partial charge in [0.25, 0.3) is 5.69 Å². The Kier molecular flexibility index (Phi) is 6.17. The van der Waals surface area contributed by atoms with Gasteiger partial charge in [0.1, 0.15) is 12.3 Å². The first kappa shape index (κ1) is 20.2. The van der Waals surface area contributed by atoms with E-state index < -0.39 is 60.6 Å². The van der Waals surface area contributed by atoms with Gasteiger partial charge in [-0.3, -0.25) is 29.4 Å². The molecule has 4 N–H and O–H groups in total. The van der Waals surface area contributed by atoms with Crippen molar-refractivity contribution in [2.24, 2.45) is 0 Å². The number of nitro benzene ring substituents is 2. The molecule has 0 aliphatic rings. The van der Waals surface area contributed by atoms with E-state index in [1.807, 2.05) is 0 Å². The lowest BCUT2D eigenvalue weighted by atomic mass is 10.2. The Balaban J connectivity index is 3.07. The Labute approximate surface area is 133 Å². The minimum atomic E-state index is -4.97. The van der Waals surface area contributed by atoms with Crippen LogP contribution in [-0.2, 0) is 9.13 Å². The van der Waals surface area contributed by atoms with Crippen LogP contribution < -0.4 is 4.74 Å². The molecule has 1 atom stereocenters. The molecule has 0 fully saturated rings. The van der Waals surface area contributed by atoms with E-state index in [4.69, 9.17) is 24.3 Å². The fourth-order valence-electron chi connectivity index (χ4n) is 1.60. The first-order valence-electron chi connectivity index (χ1n) is 5.96. The smallest absolute Gasteiger partial charge is 0.332 e. The molecule has 15 heteroatoms. The number of ether oxygens (including phenoxy) is 1. The summed E-state index contributed by atoms with van der Waals surface area (Å²) in [5.41, 5.74) is -3.34. The van der Waals surface area contributed by atoms with Crippen LogP contribution in [0.5, 0.6) is 5.75 Å². The molecule has 0 amide bonds. The summed E-state index contributed by atoms with van der Waals surface area (Å²) in [4.78, 5) is 55.4. The highest BCUT2D eigenvalue weighted by Crippen LogP contribution is 2.49. The Morgan fingerprint density at radius 3 is 2.08 bits per heavy atom. The van der Waals surface area contributed by atoms with Crippen LogP contribution in [0.15, 0.2) is 18.2 Å². The van der Waals surface area contributed by atoms with Crippen LogP contribution >= 0.6 is 15.2 Å². The number of rotatable bonds is 8. The van der Waals surface area contributed by atoms with Crippen LogP contribution in [0.2, 0.25) is 0 Å². The zero-order valence-corrected chi connectivity index (χ0v) is 13.4. The second-order valence-electron chi connectivity index (χ2n) is 4.57. The number of nitrogens with zero attached hydrogens (tertiary/aromatic N) is 2. The third-order valence-electron chi connectivity index (χ3n) is 2.71. The second kappa shape index (κ2) is 7.34. The molecule has 1 aromatic carbocycles. The van der Waals surface area contributed by atoms with Crippen molar-refractivity contribution in [1.82, 2.24) is 0 Å². The van der Waals surface area contributed by atoms with Gasteiger partial charge in [-0.25, -0.2) is 0 Å². The lowest BCUT2D eigenvalue weighted by Gasteiger charge is -2.19. The van der Waals surface area contributed by atoms with Gasteiger partial charge in [0.2, 0.25) is 0 Å². The lowest BCUT2D eigenvalue weighted by molar-refractivity contribution is -0.394. The highest BCUT2D eigenvalue weighted by Gasteiger charge is 2.36. The topological polar surface area (TPSA) is 211 Å². The van der Waals surface area contributed by atoms with Crippen LogP contribution in [0.25, 0.3) is 0 Å². The summed E-state index contributed by atoms with van der Waals surface area (Å²) in [7, 11) is -9.76. The summed E-state index contributed by atoms with van der Waals surface area (Å²) < 4.78 is 27.0. The highest BCUT2D eigenvalue weighted by atomic mass is 31.2. The van der Waals surface area contributed by atoms with E-state index in [2.05, 4.69) is 0 Å². The average Bonchev–Trinajstić information content (AvgIpc) is 2.40. The molecule has 0 radical (unpaired) electrons. The molecule has 1 unspecified atom stereocenters. The molecule has 134 valence electrons. The molecular weight excluding hydrogens is 374 g/mol. The monoisotopic (exact) mass is 386 g/mol. The van der Waals surface area contributed by atoms with E-state index in [1.165, 1.54) is 0 Å². The predicted molar refractivity (Wildman–Crippen MR) is 78.0 cm³/mol. The zero-order valence-electron chi connectivity index (χ0n) is 11.7. The average molecular weight is 386 g/mol. The van der Waals surface area contributed by atoms with Gasteiger partial charge in [0, 0.05) is 6.07 Å². The van der Waals surface area contributed by atoms with Crippen molar-refractivity contribution in [2.45, 2.75) is 5.66 Å². The van der Waals surface area contributed by atoms with Crippen molar-refractivity contribution >= 4 is 26.6 Å². The third-order valence-corrected chi connectivity index (χ3v) is 5.19. The molecule has 0 aliphatic heterocycles. The summed E-state index contributed by atoms with van der Waals surface area (Å²) in [5, 5.41) is 21.5. The normalized spacial score (nSPS) is 13.3. The maximum atomic E-state index is 11.2. The Morgan fingerprint density at radius 1 is 1.08 bits per heavy atom. The number of nitro groups is 2. The molecule has 0 bridgehead atoms. The molecule has 13 nitrogen and oxygen atoms in total. The number of non-ortho nitro benzene ring substituents is 1. The minimum absolute atomic E-state index is 0.533. The molecule has 1 aromatic rings. The number of hydrogen-bond donors (Lipinski definition) is 4. The van der Waals surface area contributed by atoms with Crippen LogP contribution in [0, 0.1) is 20.2 Å². The van der Waals surface area contributed by atoms with E-state index in [0.29, 0.717) is 6.07 Å². The van der Waals surface area contributed by atoms with Crippen molar-refractivity contribution in [2.75, 3.05) is 12.8 Å². The van der Waals surface area contributed by atoms with Gasteiger partial charge < -0.3 is 24.3 Å². The van der Waals surface area contributed by atoms with Gasteiger partial charge in [0.05, 0.1) is 22.1 Å². The lowest BCUT2D eigenvalue weighted by Crippen LogP contribution is -2.23. The van der Waals surface area contributed by atoms with Crippen molar-refractivity contribution < 1.29 is 43.3 Å². The van der Waals surface area contributed by atoms with E-state index in [0.717, 1.165) is 12.1 Å². The number of benzene rings is 1. The summed E-state index contributed by atoms with van der Waals surface area (Å²) in [5.74, 6) is -0.533. The summed E-state index contributed by atoms with van der Waals surface area (Å²) in [6.45, 7) is -0.936. The Morgan fingerprint density at radius 2 is 1.67 bits per heavy atom. The quantitative estimate of drug-likeness (QED) is 0.276. The molecule has 0 saturated carbocycles. The standard InChI is InChI=1S/C9H12N2O11P2/c12-10(13)6-1-2-9(8(3-6)11(14)15)22-4-7(24(19,20)21)5-23(16,17)18/h1-3,7H,4-5H2,(H2,16,17,18)(H2,19,20,21). The van der Waals surface area contributed by atoms with E-state index in [1.54, 1.807) is 0 Å². The van der Waals surface area contributed by atoms with Crippen molar-refractivity contribution in [1.29, 1.82) is 0 Å².